The van der Waals surface area contributed by atoms with Gasteiger partial charge < -0.3 is 19.3 Å². The minimum Gasteiger partial charge on any atom is -0.506 e. The van der Waals surface area contributed by atoms with Crippen molar-refractivity contribution in [2.24, 2.45) is 0 Å². The molecule has 0 aliphatic rings. The molecular weight excluding hydrogens is 501 g/mol. The third kappa shape index (κ3) is 6.85. The normalized spacial score (nSPS) is 11.7. The van der Waals surface area contributed by atoms with E-state index in [1.54, 1.807) is 57.2 Å². The molecule has 202 valence electrons. The van der Waals surface area contributed by atoms with Crippen LogP contribution in [0, 0.1) is 0 Å². The second-order valence-corrected chi connectivity index (χ2v) is 9.54. The molecule has 0 saturated heterocycles. The van der Waals surface area contributed by atoms with Crippen LogP contribution in [0.15, 0.2) is 54.6 Å². The van der Waals surface area contributed by atoms with Gasteiger partial charge in [-0.05, 0) is 62.6 Å². The number of carbonyl (C=O) groups excluding carboxylic acids is 2. The number of ether oxygens (including phenoxy) is 3. The predicted octanol–water partition coefficient (Wildman–Crippen LogP) is 7.10. The number of aromatic hydroxyl groups is 1. The van der Waals surface area contributed by atoms with Crippen LogP contribution in [0.25, 0.3) is 11.1 Å². The van der Waals surface area contributed by atoms with Gasteiger partial charge in [0.2, 0.25) is 0 Å². The van der Waals surface area contributed by atoms with E-state index >= 15 is 0 Å². The Bertz CT molecular complexity index is 1320. The van der Waals surface area contributed by atoms with Gasteiger partial charge >= 0.3 is 18.1 Å². The van der Waals surface area contributed by atoms with Crippen LogP contribution in [-0.4, -0.2) is 22.6 Å². The second kappa shape index (κ2) is 11.2. The smallest absolute Gasteiger partial charge is 0.419 e. The molecule has 0 heterocycles. The van der Waals surface area contributed by atoms with Crippen molar-refractivity contribution in [2.75, 3.05) is 0 Å². The highest BCUT2D eigenvalue weighted by Crippen LogP contribution is 2.40. The van der Waals surface area contributed by atoms with Gasteiger partial charge in [-0.15, -0.1) is 0 Å². The van der Waals surface area contributed by atoms with Crippen molar-refractivity contribution < 1.29 is 42.1 Å². The van der Waals surface area contributed by atoms with Gasteiger partial charge in [-0.1, -0.05) is 37.3 Å². The number of alkyl halides is 3. The number of carbonyl (C=O) groups is 2. The van der Waals surface area contributed by atoms with Gasteiger partial charge in [0.15, 0.2) is 0 Å². The van der Waals surface area contributed by atoms with Crippen molar-refractivity contribution in [1.29, 1.82) is 0 Å². The molecule has 0 fully saturated rings. The van der Waals surface area contributed by atoms with Crippen molar-refractivity contribution in [3.05, 3.63) is 76.9 Å². The Morgan fingerprint density at radius 2 is 1.61 bits per heavy atom. The first-order valence-electron chi connectivity index (χ1n) is 11.9. The molecule has 0 aromatic heterocycles. The van der Waals surface area contributed by atoms with E-state index in [0.29, 0.717) is 24.0 Å². The SMILES string of the molecule is CCc1c(OC(C)=O)cccc1-c1ccc(OCc2ccc(C(F)(F)F)c(O)c2C(=O)OC(C)(C)C)cc1. The molecule has 6 nitrogen and oxygen atoms in total. The molecule has 9 heteroatoms. The summed E-state index contributed by atoms with van der Waals surface area (Å²) in [5.74, 6) is -1.84. The van der Waals surface area contributed by atoms with E-state index in [-0.39, 0.29) is 12.2 Å². The van der Waals surface area contributed by atoms with E-state index < -0.39 is 40.6 Å². The van der Waals surface area contributed by atoms with Crippen molar-refractivity contribution >= 4 is 11.9 Å². The lowest BCUT2D eigenvalue weighted by Gasteiger charge is -2.22. The van der Waals surface area contributed by atoms with Crippen LogP contribution in [0.4, 0.5) is 13.2 Å². The topological polar surface area (TPSA) is 82.1 Å². The van der Waals surface area contributed by atoms with E-state index in [1.165, 1.54) is 6.92 Å². The summed E-state index contributed by atoms with van der Waals surface area (Å²) >= 11 is 0. The minimum atomic E-state index is -4.86. The van der Waals surface area contributed by atoms with E-state index in [1.807, 2.05) is 13.0 Å². The number of phenols is 1. The van der Waals surface area contributed by atoms with Gasteiger partial charge in [0, 0.05) is 18.1 Å². The number of hydrogen-bond acceptors (Lipinski definition) is 6. The first kappa shape index (κ1) is 28.6. The van der Waals surface area contributed by atoms with Crippen LogP contribution < -0.4 is 9.47 Å². The van der Waals surface area contributed by atoms with E-state index in [2.05, 4.69) is 0 Å². The third-order valence-electron chi connectivity index (χ3n) is 5.47. The maximum atomic E-state index is 13.4. The number of esters is 2. The Morgan fingerprint density at radius 3 is 2.16 bits per heavy atom. The van der Waals surface area contributed by atoms with Gasteiger partial charge in [0.1, 0.15) is 35.0 Å². The Balaban J connectivity index is 1.88. The second-order valence-electron chi connectivity index (χ2n) is 9.54. The largest absolute Gasteiger partial charge is 0.506 e. The first-order chi connectivity index (χ1) is 17.7. The maximum absolute atomic E-state index is 13.4. The standard InChI is InChI=1S/C29H29F3O6/c1-6-21-22(8-7-9-24(21)37-17(2)33)18-10-13-20(14-11-18)36-16-19-12-15-23(29(30,31)32)26(34)25(19)27(35)38-28(3,4)5/h7-15,34H,6,16H2,1-5H3. The fourth-order valence-electron chi connectivity index (χ4n) is 3.88. The fraction of sp³-hybridized carbons (Fsp3) is 0.310. The van der Waals surface area contributed by atoms with E-state index in [9.17, 15) is 27.9 Å². The van der Waals surface area contributed by atoms with Crippen LogP contribution in [0.3, 0.4) is 0 Å². The summed E-state index contributed by atoms with van der Waals surface area (Å²) in [7, 11) is 0. The summed E-state index contributed by atoms with van der Waals surface area (Å²) in [5.41, 5.74) is -0.316. The predicted molar refractivity (Wildman–Crippen MR) is 135 cm³/mol. The number of benzene rings is 3. The van der Waals surface area contributed by atoms with Crippen LogP contribution in [0.5, 0.6) is 17.2 Å². The molecule has 0 aliphatic carbocycles. The summed E-state index contributed by atoms with van der Waals surface area (Å²) in [4.78, 5) is 24.2. The molecule has 0 bridgehead atoms. The molecule has 0 unspecified atom stereocenters. The molecular formula is C29H29F3O6. The highest BCUT2D eigenvalue weighted by atomic mass is 19.4. The average Bonchev–Trinajstić information content (AvgIpc) is 2.80. The van der Waals surface area contributed by atoms with Gasteiger partial charge in [-0.2, -0.15) is 13.2 Å². The molecule has 3 aromatic carbocycles. The Hall–Kier alpha value is -4.01. The number of hydrogen-bond donors (Lipinski definition) is 1. The molecule has 0 saturated carbocycles. The lowest BCUT2D eigenvalue weighted by molar-refractivity contribution is -0.138. The molecule has 38 heavy (non-hydrogen) atoms. The van der Waals surface area contributed by atoms with Crippen LogP contribution >= 0.6 is 0 Å². The minimum absolute atomic E-state index is 0.0381. The average molecular weight is 531 g/mol. The fourth-order valence-corrected chi connectivity index (χ4v) is 3.88. The van der Waals surface area contributed by atoms with Gasteiger partial charge in [0.25, 0.3) is 0 Å². The van der Waals surface area contributed by atoms with Gasteiger partial charge in [0.05, 0.1) is 5.56 Å². The Labute approximate surface area is 219 Å². The zero-order chi connectivity index (χ0) is 28.3. The zero-order valence-corrected chi connectivity index (χ0v) is 21.7. The zero-order valence-electron chi connectivity index (χ0n) is 21.7. The van der Waals surface area contributed by atoms with E-state index in [4.69, 9.17) is 14.2 Å². The molecule has 0 radical (unpaired) electrons. The van der Waals surface area contributed by atoms with Crippen LogP contribution in [0.2, 0.25) is 0 Å². The molecule has 0 spiro atoms. The molecule has 0 atom stereocenters. The molecule has 3 aromatic rings. The molecule has 1 N–H and O–H groups in total. The number of halogens is 3. The van der Waals surface area contributed by atoms with Crippen molar-refractivity contribution in [2.45, 2.75) is 59.4 Å². The summed E-state index contributed by atoms with van der Waals surface area (Å²) in [6.45, 7) is 7.70. The number of rotatable bonds is 7. The quantitative estimate of drug-likeness (QED) is 0.259. The number of phenolic OH excluding ortho intramolecular Hbond substituents is 1. The molecule has 0 aliphatic heterocycles. The summed E-state index contributed by atoms with van der Waals surface area (Å²) in [6.07, 6.45) is -4.23. The van der Waals surface area contributed by atoms with Crippen LogP contribution in [-0.2, 0) is 28.7 Å². The van der Waals surface area contributed by atoms with Crippen LogP contribution in [0.1, 0.15) is 61.7 Å². The summed E-state index contributed by atoms with van der Waals surface area (Å²) in [5, 5.41) is 10.4. The summed E-state index contributed by atoms with van der Waals surface area (Å²) < 4.78 is 56.4. The van der Waals surface area contributed by atoms with Crippen molar-refractivity contribution in [3.63, 3.8) is 0 Å². The highest BCUT2D eigenvalue weighted by molar-refractivity contribution is 5.95. The third-order valence-corrected chi connectivity index (χ3v) is 5.47. The molecule has 3 rings (SSSR count). The monoisotopic (exact) mass is 530 g/mol. The first-order valence-corrected chi connectivity index (χ1v) is 11.9. The van der Waals surface area contributed by atoms with Gasteiger partial charge in [-0.3, -0.25) is 4.79 Å². The maximum Gasteiger partial charge on any atom is 0.419 e. The van der Waals surface area contributed by atoms with E-state index in [0.717, 1.165) is 22.8 Å². The van der Waals surface area contributed by atoms with Gasteiger partial charge in [-0.25, -0.2) is 4.79 Å². The van der Waals surface area contributed by atoms with Crippen molar-refractivity contribution in [1.82, 2.24) is 0 Å². The lowest BCUT2D eigenvalue weighted by atomic mass is 9.97. The highest BCUT2D eigenvalue weighted by Gasteiger charge is 2.37. The van der Waals surface area contributed by atoms with Crippen molar-refractivity contribution in [3.8, 4) is 28.4 Å². The Morgan fingerprint density at radius 1 is 0.947 bits per heavy atom. The summed E-state index contributed by atoms with van der Waals surface area (Å²) in [6, 6.07) is 14.1. The molecule has 0 amide bonds. The Kier molecular flexibility index (Phi) is 8.39. The lowest BCUT2D eigenvalue weighted by Crippen LogP contribution is -2.25.